The predicted octanol–water partition coefficient (Wildman–Crippen LogP) is 2.72. The van der Waals surface area contributed by atoms with Crippen LogP contribution in [0.3, 0.4) is 0 Å². The van der Waals surface area contributed by atoms with Crippen LogP contribution in [0.1, 0.15) is 25.5 Å². The molecule has 0 aliphatic rings. The molecule has 4 heteroatoms. The first kappa shape index (κ1) is 11.3. The number of benzene rings is 1. The van der Waals surface area contributed by atoms with Gasteiger partial charge in [-0.15, -0.1) is 0 Å². The summed E-state index contributed by atoms with van der Waals surface area (Å²) in [5.41, 5.74) is 11.9. The Balaban J connectivity index is 3.15. The lowest BCUT2D eigenvalue weighted by Crippen LogP contribution is -2.18. The van der Waals surface area contributed by atoms with Gasteiger partial charge in [0.25, 0.3) is 0 Å². The summed E-state index contributed by atoms with van der Waals surface area (Å²) in [7, 11) is 0. The molecule has 14 heavy (non-hydrogen) atoms. The van der Waals surface area contributed by atoms with Gasteiger partial charge >= 0.3 is 0 Å². The number of nitrogen functional groups attached to an aromatic ring is 1. The molecule has 0 aliphatic heterocycles. The number of halogens is 2. The maximum atomic E-state index is 13.4. The molecule has 0 saturated heterocycles. The lowest BCUT2D eigenvalue weighted by molar-refractivity contribution is 0.485. The fourth-order valence-corrected chi connectivity index (χ4v) is 1.36. The SMILES string of the molecule is CC(C)[C@@H](N)c1cc(Cl)c(N)cc1F. The summed E-state index contributed by atoms with van der Waals surface area (Å²) in [6.07, 6.45) is 0. The average Bonchev–Trinajstić information content (AvgIpc) is 2.10. The molecule has 4 N–H and O–H groups in total. The van der Waals surface area contributed by atoms with Gasteiger partial charge < -0.3 is 11.5 Å². The highest BCUT2D eigenvalue weighted by Gasteiger charge is 2.16. The Bertz CT molecular complexity index is 339. The lowest BCUT2D eigenvalue weighted by atomic mass is 9.96. The summed E-state index contributed by atoms with van der Waals surface area (Å²) in [4.78, 5) is 0. The van der Waals surface area contributed by atoms with Crippen LogP contribution in [0.5, 0.6) is 0 Å². The van der Waals surface area contributed by atoms with E-state index < -0.39 is 5.82 Å². The van der Waals surface area contributed by atoms with Crippen molar-refractivity contribution in [1.29, 1.82) is 0 Å². The molecule has 0 fully saturated rings. The molecule has 1 aromatic carbocycles. The first-order chi connectivity index (χ1) is 6.43. The van der Waals surface area contributed by atoms with Gasteiger partial charge in [-0.1, -0.05) is 25.4 Å². The van der Waals surface area contributed by atoms with Gasteiger partial charge in [-0.05, 0) is 18.1 Å². The summed E-state index contributed by atoms with van der Waals surface area (Å²) < 4.78 is 13.4. The van der Waals surface area contributed by atoms with Crippen molar-refractivity contribution in [2.24, 2.45) is 11.7 Å². The minimum absolute atomic E-state index is 0.157. The molecule has 0 aliphatic carbocycles. The standard InChI is InChI=1S/C10H14ClFN2/c1-5(2)10(14)6-3-7(11)9(13)4-8(6)12/h3-5,10H,13-14H2,1-2H3/t10-/m1/s1. The molecule has 0 bridgehead atoms. The zero-order valence-corrected chi connectivity index (χ0v) is 8.98. The lowest BCUT2D eigenvalue weighted by Gasteiger charge is -2.17. The molecule has 1 aromatic rings. The Labute approximate surface area is 88.0 Å². The highest BCUT2D eigenvalue weighted by atomic mass is 35.5. The van der Waals surface area contributed by atoms with E-state index in [0.29, 0.717) is 10.6 Å². The second-order valence-corrected chi connectivity index (χ2v) is 4.07. The van der Waals surface area contributed by atoms with Crippen LogP contribution in [0, 0.1) is 11.7 Å². The highest BCUT2D eigenvalue weighted by Crippen LogP contribution is 2.28. The summed E-state index contributed by atoms with van der Waals surface area (Å²) in [6.45, 7) is 3.85. The third-order valence-corrected chi connectivity index (χ3v) is 2.52. The molecular formula is C10H14ClFN2. The van der Waals surface area contributed by atoms with Gasteiger partial charge in [0.1, 0.15) is 5.82 Å². The van der Waals surface area contributed by atoms with Crippen LogP contribution in [-0.4, -0.2) is 0 Å². The van der Waals surface area contributed by atoms with E-state index in [-0.39, 0.29) is 17.6 Å². The first-order valence-corrected chi connectivity index (χ1v) is 4.81. The van der Waals surface area contributed by atoms with Crippen molar-refractivity contribution in [3.05, 3.63) is 28.5 Å². The molecule has 0 amide bonds. The summed E-state index contributed by atoms with van der Waals surface area (Å²) in [5.74, 6) is -0.239. The zero-order valence-electron chi connectivity index (χ0n) is 8.22. The van der Waals surface area contributed by atoms with Crippen LogP contribution in [0.4, 0.5) is 10.1 Å². The van der Waals surface area contributed by atoms with Crippen LogP contribution in [0.2, 0.25) is 5.02 Å². The molecule has 0 aromatic heterocycles. The van der Waals surface area contributed by atoms with E-state index in [9.17, 15) is 4.39 Å². The number of anilines is 1. The Hall–Kier alpha value is -0.800. The van der Waals surface area contributed by atoms with Crippen molar-refractivity contribution in [1.82, 2.24) is 0 Å². The second-order valence-electron chi connectivity index (χ2n) is 3.67. The van der Waals surface area contributed by atoms with E-state index in [1.165, 1.54) is 12.1 Å². The second kappa shape index (κ2) is 4.15. The van der Waals surface area contributed by atoms with Gasteiger partial charge in [0.2, 0.25) is 0 Å². The van der Waals surface area contributed by atoms with E-state index in [2.05, 4.69) is 0 Å². The summed E-state index contributed by atoms with van der Waals surface area (Å²) in [5, 5.41) is 0.345. The third-order valence-electron chi connectivity index (χ3n) is 2.19. The van der Waals surface area contributed by atoms with Crippen LogP contribution < -0.4 is 11.5 Å². The first-order valence-electron chi connectivity index (χ1n) is 4.43. The number of hydrogen-bond donors (Lipinski definition) is 2. The molecule has 0 spiro atoms. The van der Waals surface area contributed by atoms with Crippen LogP contribution >= 0.6 is 11.6 Å². The topological polar surface area (TPSA) is 52.0 Å². The molecule has 0 heterocycles. The van der Waals surface area contributed by atoms with E-state index in [1.54, 1.807) is 0 Å². The fourth-order valence-electron chi connectivity index (χ4n) is 1.19. The van der Waals surface area contributed by atoms with Crippen LogP contribution in [-0.2, 0) is 0 Å². The Morgan fingerprint density at radius 3 is 2.43 bits per heavy atom. The fraction of sp³-hybridized carbons (Fsp3) is 0.400. The average molecular weight is 217 g/mol. The predicted molar refractivity (Wildman–Crippen MR) is 57.6 cm³/mol. The minimum atomic E-state index is -0.395. The molecule has 0 radical (unpaired) electrons. The highest BCUT2D eigenvalue weighted by molar-refractivity contribution is 6.33. The quantitative estimate of drug-likeness (QED) is 0.747. The van der Waals surface area contributed by atoms with Crippen molar-refractivity contribution in [3.8, 4) is 0 Å². The number of nitrogens with two attached hydrogens (primary N) is 2. The van der Waals surface area contributed by atoms with E-state index in [4.69, 9.17) is 23.1 Å². The molecule has 1 rings (SSSR count). The van der Waals surface area contributed by atoms with Gasteiger partial charge in [-0.3, -0.25) is 0 Å². The van der Waals surface area contributed by atoms with E-state index >= 15 is 0 Å². The van der Waals surface area contributed by atoms with E-state index in [0.717, 1.165) is 0 Å². The maximum Gasteiger partial charge on any atom is 0.130 e. The smallest absolute Gasteiger partial charge is 0.130 e. The zero-order chi connectivity index (χ0) is 10.9. The van der Waals surface area contributed by atoms with Crippen molar-refractivity contribution in [2.75, 3.05) is 5.73 Å². The van der Waals surface area contributed by atoms with Crippen LogP contribution in [0.25, 0.3) is 0 Å². The van der Waals surface area contributed by atoms with Gasteiger partial charge in [-0.25, -0.2) is 4.39 Å². The number of rotatable bonds is 2. The van der Waals surface area contributed by atoms with Crippen LogP contribution in [0.15, 0.2) is 12.1 Å². The molecule has 1 atom stereocenters. The van der Waals surface area contributed by atoms with Gasteiger partial charge in [0.05, 0.1) is 10.7 Å². The monoisotopic (exact) mass is 216 g/mol. The largest absolute Gasteiger partial charge is 0.397 e. The number of hydrogen-bond acceptors (Lipinski definition) is 2. The van der Waals surface area contributed by atoms with E-state index in [1.807, 2.05) is 13.8 Å². The molecule has 0 unspecified atom stereocenters. The minimum Gasteiger partial charge on any atom is -0.397 e. The molecule has 0 saturated carbocycles. The van der Waals surface area contributed by atoms with Gasteiger partial charge in [0, 0.05) is 11.6 Å². The van der Waals surface area contributed by atoms with Gasteiger partial charge in [-0.2, -0.15) is 0 Å². The van der Waals surface area contributed by atoms with Crippen molar-refractivity contribution in [2.45, 2.75) is 19.9 Å². The molecule has 2 nitrogen and oxygen atoms in total. The molecular weight excluding hydrogens is 203 g/mol. The summed E-state index contributed by atoms with van der Waals surface area (Å²) in [6, 6.07) is 2.35. The Morgan fingerprint density at radius 2 is 1.93 bits per heavy atom. The van der Waals surface area contributed by atoms with Crippen molar-refractivity contribution < 1.29 is 4.39 Å². The summed E-state index contributed by atoms with van der Waals surface area (Å²) >= 11 is 5.79. The molecule has 78 valence electrons. The maximum absolute atomic E-state index is 13.4. The Kier molecular flexibility index (Phi) is 3.34. The van der Waals surface area contributed by atoms with Gasteiger partial charge in [0.15, 0.2) is 0 Å². The normalized spacial score (nSPS) is 13.3. The third kappa shape index (κ3) is 2.16. The van der Waals surface area contributed by atoms with Crippen molar-refractivity contribution >= 4 is 17.3 Å². The Morgan fingerprint density at radius 1 is 1.36 bits per heavy atom. The van der Waals surface area contributed by atoms with Crippen molar-refractivity contribution in [3.63, 3.8) is 0 Å².